The van der Waals surface area contributed by atoms with E-state index < -0.39 is 0 Å². The van der Waals surface area contributed by atoms with Gasteiger partial charge in [-0.2, -0.15) is 0 Å². The maximum atomic E-state index is 13.0. The first-order valence-electron chi connectivity index (χ1n) is 10.9. The molecular formula is C24H25N3O4S. The van der Waals surface area contributed by atoms with E-state index in [4.69, 9.17) is 13.9 Å². The van der Waals surface area contributed by atoms with Crippen LogP contribution >= 0.6 is 11.8 Å². The van der Waals surface area contributed by atoms with Crippen LogP contribution in [-0.2, 0) is 11.2 Å². The van der Waals surface area contributed by atoms with E-state index in [-0.39, 0.29) is 18.0 Å². The zero-order valence-electron chi connectivity index (χ0n) is 17.9. The Labute approximate surface area is 191 Å². The molecule has 0 bridgehead atoms. The number of aromatic nitrogens is 2. The number of carbonyl (C=O) groups is 1. The minimum atomic E-state index is -0.286. The molecule has 0 N–H and O–H groups in total. The Balaban J connectivity index is 1.14. The molecule has 0 radical (unpaired) electrons. The molecule has 0 aliphatic carbocycles. The molecule has 2 aliphatic heterocycles. The molecule has 3 heterocycles. The Bertz CT molecular complexity index is 1080. The molecule has 2 aromatic carbocycles. The zero-order valence-corrected chi connectivity index (χ0v) is 18.7. The molecule has 5 rings (SSSR count). The van der Waals surface area contributed by atoms with Gasteiger partial charge in [-0.15, -0.1) is 10.2 Å². The van der Waals surface area contributed by atoms with Crippen LogP contribution in [0, 0.1) is 5.92 Å². The second-order valence-corrected chi connectivity index (χ2v) is 9.45. The summed E-state index contributed by atoms with van der Waals surface area (Å²) in [7, 11) is 0. The van der Waals surface area contributed by atoms with Crippen molar-refractivity contribution >= 4 is 17.7 Å². The van der Waals surface area contributed by atoms with Gasteiger partial charge in [0, 0.05) is 18.7 Å². The first-order valence-corrected chi connectivity index (χ1v) is 11.8. The maximum Gasteiger partial charge on any atom is 0.277 e. The van der Waals surface area contributed by atoms with Crippen LogP contribution in [0.25, 0.3) is 11.5 Å². The summed E-state index contributed by atoms with van der Waals surface area (Å²) in [6.45, 7) is 3.71. The van der Waals surface area contributed by atoms with Crippen LogP contribution < -0.4 is 9.47 Å². The third kappa shape index (κ3) is 4.60. The van der Waals surface area contributed by atoms with Crippen molar-refractivity contribution in [2.75, 3.05) is 19.9 Å². The summed E-state index contributed by atoms with van der Waals surface area (Å²) in [6, 6.07) is 16.1. The zero-order chi connectivity index (χ0) is 21.9. The average Bonchev–Trinajstić information content (AvgIpc) is 3.49. The number of carbonyl (C=O) groups excluding carboxylic acids is 1. The molecule has 0 saturated carbocycles. The highest BCUT2D eigenvalue weighted by atomic mass is 32.2. The van der Waals surface area contributed by atoms with Gasteiger partial charge >= 0.3 is 0 Å². The maximum absolute atomic E-state index is 13.0. The topological polar surface area (TPSA) is 77.7 Å². The number of hydrogen-bond acceptors (Lipinski definition) is 7. The Hall–Kier alpha value is -3.00. The number of nitrogens with zero attached hydrogens (tertiary/aromatic N) is 3. The van der Waals surface area contributed by atoms with Gasteiger partial charge in [0.25, 0.3) is 5.22 Å². The van der Waals surface area contributed by atoms with Crippen LogP contribution in [0.4, 0.5) is 0 Å². The number of fused-ring (bicyclic) bond motifs is 1. The molecule has 166 valence electrons. The molecule has 1 saturated heterocycles. The fourth-order valence-electron chi connectivity index (χ4n) is 4.17. The van der Waals surface area contributed by atoms with Gasteiger partial charge in [0.15, 0.2) is 11.5 Å². The molecular weight excluding hydrogens is 426 g/mol. The highest BCUT2D eigenvalue weighted by molar-refractivity contribution is 8.00. The van der Waals surface area contributed by atoms with E-state index in [1.807, 2.05) is 36.1 Å². The summed E-state index contributed by atoms with van der Waals surface area (Å²) in [5.41, 5.74) is 2.13. The number of benzene rings is 2. The lowest BCUT2D eigenvalue weighted by atomic mass is 9.90. The van der Waals surface area contributed by atoms with Crippen LogP contribution in [0.5, 0.6) is 11.5 Å². The van der Waals surface area contributed by atoms with Gasteiger partial charge in [-0.3, -0.25) is 4.79 Å². The number of thioether (sulfide) groups is 1. The van der Waals surface area contributed by atoms with Crippen molar-refractivity contribution in [3.8, 4) is 23.0 Å². The van der Waals surface area contributed by atoms with E-state index >= 15 is 0 Å². The van der Waals surface area contributed by atoms with Crippen molar-refractivity contribution in [2.45, 2.75) is 36.7 Å². The molecule has 1 amide bonds. The molecule has 1 atom stereocenters. The van der Waals surface area contributed by atoms with Crippen LogP contribution in [0.2, 0.25) is 0 Å². The third-order valence-corrected chi connectivity index (χ3v) is 6.87. The standard InChI is InChI=1S/C24H25N3O4S/c1-16(23(28)27-11-9-18(10-12-27)13-17-5-3-2-4-6-17)32-24-26-25-22(31-24)19-7-8-20-21(14-19)30-15-29-20/h2-8,14,16,18H,9-13,15H2,1H3/t16-/m1/s1. The predicted octanol–water partition coefficient (Wildman–Crippen LogP) is 4.43. The Morgan fingerprint density at radius 1 is 1.09 bits per heavy atom. The quantitative estimate of drug-likeness (QED) is 0.513. The molecule has 0 unspecified atom stereocenters. The number of likely N-dealkylation sites (tertiary alicyclic amines) is 1. The first-order chi connectivity index (χ1) is 15.7. The summed E-state index contributed by atoms with van der Waals surface area (Å²) in [6.07, 6.45) is 3.15. The predicted molar refractivity (Wildman–Crippen MR) is 121 cm³/mol. The highest BCUT2D eigenvalue weighted by Crippen LogP contribution is 2.36. The Morgan fingerprint density at radius 3 is 2.69 bits per heavy atom. The van der Waals surface area contributed by atoms with Crippen LogP contribution in [0.15, 0.2) is 58.2 Å². The molecule has 0 spiro atoms. The van der Waals surface area contributed by atoms with Gasteiger partial charge in [0.1, 0.15) is 0 Å². The number of amides is 1. The van der Waals surface area contributed by atoms with Crippen molar-refractivity contribution in [3.05, 3.63) is 54.1 Å². The van der Waals surface area contributed by atoms with E-state index in [0.717, 1.165) is 37.9 Å². The lowest BCUT2D eigenvalue weighted by molar-refractivity contribution is -0.131. The van der Waals surface area contributed by atoms with Crippen molar-refractivity contribution in [1.29, 1.82) is 0 Å². The molecule has 7 nitrogen and oxygen atoms in total. The van der Waals surface area contributed by atoms with Gasteiger partial charge in [-0.1, -0.05) is 42.1 Å². The first kappa shape index (κ1) is 20.9. The van der Waals surface area contributed by atoms with E-state index in [9.17, 15) is 4.79 Å². The number of ether oxygens (including phenoxy) is 2. The number of rotatable bonds is 6. The molecule has 3 aromatic rings. The van der Waals surface area contributed by atoms with E-state index in [1.54, 1.807) is 0 Å². The molecule has 2 aliphatic rings. The minimum absolute atomic E-state index is 0.121. The van der Waals surface area contributed by atoms with Crippen LogP contribution in [-0.4, -0.2) is 46.1 Å². The summed E-state index contributed by atoms with van der Waals surface area (Å²) in [5.74, 6) is 2.51. The SMILES string of the molecule is C[C@@H](Sc1nnc(-c2ccc3c(c2)OCO3)o1)C(=O)N1CCC(Cc2ccccc2)CC1. The van der Waals surface area contributed by atoms with Crippen molar-refractivity contribution < 1.29 is 18.7 Å². The summed E-state index contributed by atoms with van der Waals surface area (Å²) < 4.78 is 16.5. The normalized spacial score (nSPS) is 16.8. The van der Waals surface area contributed by atoms with Crippen LogP contribution in [0.3, 0.4) is 0 Å². The summed E-state index contributed by atoms with van der Waals surface area (Å²) in [5, 5.41) is 8.34. The van der Waals surface area contributed by atoms with Crippen LogP contribution in [0.1, 0.15) is 25.3 Å². The third-order valence-electron chi connectivity index (χ3n) is 5.94. The fourth-order valence-corrected chi connectivity index (χ4v) is 4.93. The minimum Gasteiger partial charge on any atom is -0.454 e. The second-order valence-electron chi connectivity index (χ2n) is 8.16. The number of hydrogen-bond donors (Lipinski definition) is 0. The fraction of sp³-hybridized carbons (Fsp3) is 0.375. The largest absolute Gasteiger partial charge is 0.454 e. The Kier molecular flexibility index (Phi) is 6.03. The monoisotopic (exact) mass is 451 g/mol. The molecule has 1 fully saturated rings. The van der Waals surface area contributed by atoms with E-state index in [2.05, 4.69) is 34.5 Å². The molecule has 32 heavy (non-hydrogen) atoms. The van der Waals surface area contributed by atoms with Gasteiger partial charge < -0.3 is 18.8 Å². The van der Waals surface area contributed by atoms with Gasteiger partial charge in [-0.25, -0.2) is 0 Å². The highest BCUT2D eigenvalue weighted by Gasteiger charge is 2.28. The molecule has 8 heteroatoms. The van der Waals surface area contributed by atoms with E-state index in [1.165, 1.54) is 17.3 Å². The van der Waals surface area contributed by atoms with Crippen molar-refractivity contribution in [1.82, 2.24) is 15.1 Å². The van der Waals surface area contributed by atoms with Gasteiger partial charge in [-0.05, 0) is 55.9 Å². The van der Waals surface area contributed by atoms with E-state index in [0.29, 0.717) is 28.5 Å². The van der Waals surface area contributed by atoms with Gasteiger partial charge in [0.05, 0.1) is 5.25 Å². The summed E-state index contributed by atoms with van der Waals surface area (Å²) >= 11 is 1.30. The number of piperidine rings is 1. The second kappa shape index (κ2) is 9.24. The lowest BCUT2D eigenvalue weighted by Crippen LogP contribution is -2.42. The smallest absolute Gasteiger partial charge is 0.277 e. The van der Waals surface area contributed by atoms with Crippen molar-refractivity contribution in [2.24, 2.45) is 5.92 Å². The lowest BCUT2D eigenvalue weighted by Gasteiger charge is -2.33. The summed E-state index contributed by atoms with van der Waals surface area (Å²) in [4.78, 5) is 14.9. The molecule has 1 aromatic heterocycles. The Morgan fingerprint density at radius 2 is 1.88 bits per heavy atom. The van der Waals surface area contributed by atoms with Gasteiger partial charge in [0.2, 0.25) is 18.6 Å². The van der Waals surface area contributed by atoms with Crippen molar-refractivity contribution in [3.63, 3.8) is 0 Å². The average molecular weight is 452 g/mol.